The molecule has 4 rings (SSSR count). The molecule has 0 atom stereocenters. The number of pyridine rings is 2. The number of fused-ring (bicyclic) bond motifs is 2. The van der Waals surface area contributed by atoms with Crippen LogP contribution in [0.5, 0.6) is 0 Å². The summed E-state index contributed by atoms with van der Waals surface area (Å²) in [4.78, 5) is 32.0. The van der Waals surface area contributed by atoms with E-state index in [-0.39, 0.29) is 11.1 Å². The number of hydrogen-bond donors (Lipinski definition) is 0. The van der Waals surface area contributed by atoms with Gasteiger partial charge in [0.1, 0.15) is 11.1 Å². The molecule has 0 radical (unpaired) electrons. The van der Waals surface area contributed by atoms with E-state index in [9.17, 15) is 9.59 Å². The number of nitrogens with zero attached hydrogens (tertiary/aromatic N) is 2. The van der Waals surface area contributed by atoms with Crippen LogP contribution < -0.4 is 0 Å². The predicted molar refractivity (Wildman–Crippen MR) is 144 cm³/mol. The van der Waals surface area contributed by atoms with E-state index in [1.54, 1.807) is 43.3 Å². The van der Waals surface area contributed by atoms with Crippen molar-refractivity contribution in [1.82, 2.24) is 9.97 Å². The van der Waals surface area contributed by atoms with Crippen LogP contribution in [0.2, 0.25) is 20.1 Å². The summed E-state index contributed by atoms with van der Waals surface area (Å²) in [5.41, 5.74) is 3.02. The molecule has 0 bridgehead atoms. The first-order valence-corrected chi connectivity index (χ1v) is 12.5. The number of aryl methyl sites for hydroxylation is 1. The van der Waals surface area contributed by atoms with E-state index in [2.05, 4.69) is 30.6 Å². The molecule has 0 aliphatic rings. The van der Waals surface area contributed by atoms with Crippen molar-refractivity contribution in [3.05, 3.63) is 79.0 Å². The Morgan fingerprint density at radius 2 is 1.26 bits per heavy atom. The number of methoxy groups -OCH3 is 2. The van der Waals surface area contributed by atoms with Gasteiger partial charge in [0.2, 0.25) is 0 Å². The fourth-order valence-electron chi connectivity index (χ4n) is 3.30. The third kappa shape index (κ3) is 5.81. The minimum Gasteiger partial charge on any atom is -0.465 e. The first kappa shape index (κ1) is 27.4. The molecular formula is C24H17BrCl4N2O4. The molecule has 2 aromatic heterocycles. The van der Waals surface area contributed by atoms with Crippen molar-refractivity contribution in [3.8, 4) is 0 Å². The summed E-state index contributed by atoms with van der Waals surface area (Å²) in [5, 5.41) is 3.40. The molecule has 0 aliphatic carbocycles. The third-order valence-electron chi connectivity index (χ3n) is 4.93. The molecule has 2 aromatic carbocycles. The van der Waals surface area contributed by atoms with Crippen LogP contribution in [-0.2, 0) is 14.8 Å². The molecule has 0 aliphatic heterocycles. The van der Waals surface area contributed by atoms with Gasteiger partial charge in [0.15, 0.2) is 0 Å². The zero-order chi connectivity index (χ0) is 25.9. The van der Waals surface area contributed by atoms with Crippen molar-refractivity contribution in [3.63, 3.8) is 0 Å². The number of benzene rings is 2. The highest BCUT2D eigenvalue weighted by atomic mass is 79.9. The maximum absolute atomic E-state index is 11.7. The van der Waals surface area contributed by atoms with Gasteiger partial charge in [-0.1, -0.05) is 62.3 Å². The summed E-state index contributed by atoms with van der Waals surface area (Å²) >= 11 is 27.5. The standard InChI is InChI=1S/C12H8BrCl2NO2.C12H9Cl2NO2/c1-18-12(17)10-9(5-13)16-8-3-2-6(14)4-7(8)11(10)15;1-6-10(12(16)17-2)11(14)8-5-7(13)3-4-9(8)15-6/h2-4H,5H2,1H3;3-5H,1-2H3. The number of halogens is 5. The van der Waals surface area contributed by atoms with Gasteiger partial charge in [-0.2, -0.15) is 0 Å². The lowest BCUT2D eigenvalue weighted by Crippen LogP contribution is -2.08. The van der Waals surface area contributed by atoms with Crippen LogP contribution in [0.15, 0.2) is 36.4 Å². The van der Waals surface area contributed by atoms with Crippen molar-refractivity contribution in [2.24, 2.45) is 0 Å². The highest BCUT2D eigenvalue weighted by Crippen LogP contribution is 2.32. The van der Waals surface area contributed by atoms with Crippen molar-refractivity contribution < 1.29 is 19.1 Å². The Morgan fingerprint density at radius 1 is 0.800 bits per heavy atom. The van der Waals surface area contributed by atoms with Crippen LogP contribution in [-0.4, -0.2) is 36.1 Å². The molecule has 4 aromatic rings. The number of alkyl halides is 1. The Morgan fingerprint density at radius 3 is 1.74 bits per heavy atom. The van der Waals surface area contributed by atoms with E-state index in [1.807, 2.05) is 0 Å². The highest BCUT2D eigenvalue weighted by molar-refractivity contribution is 9.08. The largest absolute Gasteiger partial charge is 0.465 e. The van der Waals surface area contributed by atoms with Crippen LogP contribution >= 0.6 is 62.3 Å². The Bertz CT molecular complexity index is 1460. The molecule has 0 N–H and O–H groups in total. The fraction of sp³-hybridized carbons (Fsp3) is 0.167. The summed E-state index contributed by atoms with van der Waals surface area (Å²) in [6.45, 7) is 1.71. The number of carbonyl (C=O) groups excluding carboxylic acids is 2. The molecule has 0 unspecified atom stereocenters. The molecule has 35 heavy (non-hydrogen) atoms. The third-order valence-corrected chi connectivity index (χ3v) is 6.72. The second-order valence-electron chi connectivity index (χ2n) is 7.07. The van der Waals surface area contributed by atoms with Crippen molar-refractivity contribution in [2.45, 2.75) is 12.3 Å². The van der Waals surface area contributed by atoms with Gasteiger partial charge in [-0.15, -0.1) is 0 Å². The van der Waals surface area contributed by atoms with Crippen LogP contribution in [0.3, 0.4) is 0 Å². The number of ether oxygens (including phenoxy) is 2. The lowest BCUT2D eigenvalue weighted by molar-refractivity contribution is 0.0590. The molecule has 0 saturated heterocycles. The Labute approximate surface area is 229 Å². The quantitative estimate of drug-likeness (QED) is 0.172. The van der Waals surface area contributed by atoms with Gasteiger partial charge in [0.25, 0.3) is 0 Å². The Balaban J connectivity index is 0.000000196. The van der Waals surface area contributed by atoms with Crippen molar-refractivity contribution in [2.75, 3.05) is 14.2 Å². The predicted octanol–water partition coefficient (Wildman–Crippen LogP) is 7.86. The number of rotatable bonds is 3. The molecule has 182 valence electrons. The average Bonchev–Trinajstić information content (AvgIpc) is 2.84. The van der Waals surface area contributed by atoms with Crippen LogP contribution in [0, 0.1) is 6.92 Å². The molecule has 11 heteroatoms. The van der Waals surface area contributed by atoms with E-state index in [4.69, 9.17) is 51.1 Å². The van der Waals surface area contributed by atoms with E-state index in [0.717, 1.165) is 0 Å². The summed E-state index contributed by atoms with van der Waals surface area (Å²) in [6.07, 6.45) is 0. The molecule has 0 fully saturated rings. The van der Waals surface area contributed by atoms with Crippen molar-refractivity contribution >= 4 is 96.1 Å². The van der Waals surface area contributed by atoms with Gasteiger partial charge in [-0.3, -0.25) is 9.97 Å². The summed E-state index contributed by atoms with van der Waals surface area (Å²) in [5.74, 6) is -1.01. The maximum Gasteiger partial charge on any atom is 0.341 e. The second-order valence-corrected chi connectivity index (χ2v) is 9.26. The average molecular weight is 619 g/mol. The van der Waals surface area contributed by atoms with Gasteiger partial charge in [0, 0.05) is 26.1 Å². The van der Waals surface area contributed by atoms with E-state index < -0.39 is 11.9 Å². The smallest absolute Gasteiger partial charge is 0.341 e. The summed E-state index contributed by atoms with van der Waals surface area (Å²) < 4.78 is 9.40. The van der Waals surface area contributed by atoms with E-state index >= 15 is 0 Å². The summed E-state index contributed by atoms with van der Waals surface area (Å²) in [6, 6.07) is 10.3. The number of esters is 2. The molecule has 0 spiro atoms. The molecule has 2 heterocycles. The highest BCUT2D eigenvalue weighted by Gasteiger charge is 2.20. The van der Waals surface area contributed by atoms with Gasteiger partial charge in [-0.05, 0) is 43.3 Å². The number of hydrogen-bond acceptors (Lipinski definition) is 6. The topological polar surface area (TPSA) is 78.4 Å². The first-order valence-electron chi connectivity index (χ1n) is 9.88. The van der Waals surface area contributed by atoms with E-state index in [1.165, 1.54) is 14.2 Å². The van der Waals surface area contributed by atoms with E-state index in [0.29, 0.717) is 58.6 Å². The molecule has 0 saturated carbocycles. The number of aromatic nitrogens is 2. The van der Waals surface area contributed by atoms with Crippen LogP contribution in [0.4, 0.5) is 0 Å². The van der Waals surface area contributed by atoms with Crippen molar-refractivity contribution in [1.29, 1.82) is 0 Å². The molecular weight excluding hydrogens is 602 g/mol. The van der Waals surface area contributed by atoms with Gasteiger partial charge >= 0.3 is 11.9 Å². The Kier molecular flexibility index (Phi) is 9.18. The zero-order valence-corrected chi connectivity index (χ0v) is 23.2. The van der Waals surface area contributed by atoms with Gasteiger partial charge in [0.05, 0.1) is 46.7 Å². The second kappa shape index (κ2) is 11.7. The SMILES string of the molecule is COC(=O)c1c(C)nc2ccc(Cl)cc2c1Cl.COC(=O)c1c(CBr)nc2ccc(Cl)cc2c1Cl. The number of carbonyl (C=O) groups is 2. The summed E-state index contributed by atoms with van der Waals surface area (Å²) in [7, 11) is 2.61. The first-order chi connectivity index (χ1) is 16.6. The maximum atomic E-state index is 11.7. The fourth-order valence-corrected chi connectivity index (χ4v) is 4.75. The van der Waals surface area contributed by atoms with Gasteiger partial charge in [-0.25, -0.2) is 9.59 Å². The minimum atomic E-state index is -0.510. The monoisotopic (exact) mass is 616 g/mol. The molecule has 0 amide bonds. The molecule has 6 nitrogen and oxygen atoms in total. The zero-order valence-electron chi connectivity index (χ0n) is 18.6. The lowest BCUT2D eigenvalue weighted by atomic mass is 10.1. The lowest BCUT2D eigenvalue weighted by Gasteiger charge is -2.10. The Hall–Kier alpha value is -2.16. The normalized spacial score (nSPS) is 10.6. The minimum absolute atomic E-state index is 0.269. The van der Waals surface area contributed by atoms with Gasteiger partial charge < -0.3 is 9.47 Å². The van der Waals surface area contributed by atoms with Crippen LogP contribution in [0.25, 0.3) is 21.8 Å². The van der Waals surface area contributed by atoms with Crippen LogP contribution in [0.1, 0.15) is 32.1 Å².